The molecule has 5 heterocycles. The second-order valence-electron chi connectivity index (χ2n) is 17.0. The van der Waals surface area contributed by atoms with Crippen molar-refractivity contribution in [3.63, 3.8) is 0 Å². The van der Waals surface area contributed by atoms with Crippen LogP contribution in [0.3, 0.4) is 0 Å². The number of aliphatic hydroxyl groups is 1. The van der Waals surface area contributed by atoms with Crippen molar-refractivity contribution < 1.29 is 48.0 Å². The molecule has 0 aliphatic carbocycles. The van der Waals surface area contributed by atoms with E-state index in [1.807, 2.05) is 43.5 Å². The molecule has 15 nitrogen and oxygen atoms in total. The number of methoxy groups -OCH3 is 1. The first kappa shape index (κ1) is 44.9. The van der Waals surface area contributed by atoms with Crippen LogP contribution in [0.5, 0.6) is 0 Å². The Morgan fingerprint density at radius 3 is 2.35 bits per heavy atom. The monoisotopic (exact) mass is 819 g/mol. The maximum absolute atomic E-state index is 14.7. The maximum atomic E-state index is 14.7. The zero-order valence-electron chi connectivity index (χ0n) is 35.3. The summed E-state index contributed by atoms with van der Waals surface area (Å²) in [5.74, 6) is -5.00. The average molecular weight is 820 g/mol. The van der Waals surface area contributed by atoms with Gasteiger partial charge in [-0.15, -0.1) is 0 Å². The summed E-state index contributed by atoms with van der Waals surface area (Å²) in [6.07, 6.45) is -1.17. The number of hydrogen-bond acceptors (Lipinski definition) is 13. The van der Waals surface area contributed by atoms with Crippen LogP contribution in [0.15, 0.2) is 18.5 Å². The van der Waals surface area contributed by atoms with E-state index < -0.39 is 83.4 Å². The summed E-state index contributed by atoms with van der Waals surface area (Å²) in [5, 5.41) is 11.8. The highest BCUT2D eigenvalue weighted by Crippen LogP contribution is 2.43. The Morgan fingerprint density at radius 1 is 1.02 bits per heavy atom. The van der Waals surface area contributed by atoms with Crippen LogP contribution >= 0.6 is 11.6 Å². The van der Waals surface area contributed by atoms with Gasteiger partial charge in [-0.3, -0.25) is 14.4 Å². The number of unbranched alkanes of at least 4 members (excludes halogenated alkanes) is 1. The van der Waals surface area contributed by atoms with Crippen LogP contribution in [0.25, 0.3) is 11.2 Å². The van der Waals surface area contributed by atoms with Crippen molar-refractivity contribution in [1.82, 2.24) is 24.3 Å². The molecule has 1 N–H and O–H groups in total. The van der Waals surface area contributed by atoms with Gasteiger partial charge in [0.15, 0.2) is 23.3 Å². The lowest BCUT2D eigenvalue weighted by atomic mass is 9.73. The van der Waals surface area contributed by atoms with Gasteiger partial charge in [-0.05, 0) is 86.0 Å². The third-order valence-electron chi connectivity index (χ3n) is 12.7. The number of rotatable bonds is 10. The van der Waals surface area contributed by atoms with E-state index in [1.165, 1.54) is 14.0 Å². The van der Waals surface area contributed by atoms with E-state index >= 15 is 0 Å². The van der Waals surface area contributed by atoms with Gasteiger partial charge in [0.1, 0.15) is 29.1 Å². The fourth-order valence-electron chi connectivity index (χ4n) is 9.38. The highest BCUT2D eigenvalue weighted by molar-refractivity contribution is 6.29. The summed E-state index contributed by atoms with van der Waals surface area (Å²) in [5.41, 5.74) is -1.30. The third-order valence-corrected chi connectivity index (χ3v) is 12.9. The van der Waals surface area contributed by atoms with E-state index in [4.69, 9.17) is 35.3 Å². The van der Waals surface area contributed by atoms with E-state index in [2.05, 4.69) is 9.97 Å². The number of Topliss-reactive ketones (excluding diaryl/α,β-unsaturated/α-hetero) is 2. The number of pyridine rings is 1. The van der Waals surface area contributed by atoms with E-state index in [1.54, 1.807) is 51.9 Å². The van der Waals surface area contributed by atoms with Gasteiger partial charge >= 0.3 is 12.1 Å². The molecule has 0 unspecified atom stereocenters. The summed E-state index contributed by atoms with van der Waals surface area (Å²) in [6.45, 7) is 14.8. The number of ketones is 2. The standard InChI is InChI=1S/C41H62ClN5O10/c1-12-29-41(8)34(47(39(52)57-41)18-14-13-17-46-21-43-36-27(46)15-16-30(42)44-36)24(4)31(48)22(2)20-40(7,53-11)35(25(5)32(49)26(6)37(51)55-29)56-38-33(50)28(45(9)10)19-23(3)54-38/h15-16,21-26,28-29,33-35,38,50H,12-14,17-20H2,1-11H3/t22-,23-,24+,25+,26-,28+,29-,33-,34-,35-,38+,40-,41-/m1/s1. The molecule has 57 heavy (non-hydrogen) atoms. The van der Waals surface area contributed by atoms with Crippen LogP contribution in [0.4, 0.5) is 4.79 Å². The molecule has 0 aromatic carbocycles. The van der Waals surface area contributed by atoms with Gasteiger partial charge in [0.2, 0.25) is 0 Å². The minimum Gasteiger partial charge on any atom is -0.458 e. The molecule has 2 aromatic heterocycles. The normalized spacial score (nSPS) is 37.3. The lowest BCUT2D eigenvalue weighted by Crippen LogP contribution is -2.60. The number of halogens is 1. The van der Waals surface area contributed by atoms with Crippen LogP contribution in [0.1, 0.15) is 87.5 Å². The van der Waals surface area contributed by atoms with Crippen molar-refractivity contribution in [2.75, 3.05) is 27.7 Å². The average Bonchev–Trinajstić information content (AvgIpc) is 3.68. The van der Waals surface area contributed by atoms with Gasteiger partial charge in [-0.25, -0.2) is 14.8 Å². The smallest absolute Gasteiger partial charge is 0.410 e. The lowest BCUT2D eigenvalue weighted by molar-refractivity contribution is -0.295. The summed E-state index contributed by atoms with van der Waals surface area (Å²) in [6, 6.07) is 2.49. The SMILES string of the molecule is CC[C@H]1OC(=O)[C@H](C)C(=O)[C@H](C)[C@@H](O[C@@H]2O[C@H](C)C[C@H](N(C)C)[C@H]2O)[C@](C)(OC)C[C@@H](C)C(=O)[C@H](C)[C@H]2N(CCCCn3cnc4nc(Cl)ccc43)C(=O)O[C@]12C. The fraction of sp³-hybridized carbons (Fsp3) is 0.756. The molecule has 3 aliphatic heterocycles. The first-order valence-corrected chi connectivity index (χ1v) is 20.6. The van der Waals surface area contributed by atoms with E-state index in [0.717, 1.165) is 5.52 Å². The molecule has 2 aromatic rings. The molecule has 0 saturated carbocycles. The van der Waals surface area contributed by atoms with Crippen molar-refractivity contribution in [2.24, 2.45) is 23.7 Å². The third kappa shape index (κ3) is 9.03. The number of carbonyl (C=O) groups excluding carboxylic acids is 4. The highest BCUT2D eigenvalue weighted by atomic mass is 35.5. The number of ether oxygens (including phenoxy) is 5. The summed E-state index contributed by atoms with van der Waals surface area (Å²) < 4.78 is 33.2. The molecule has 0 radical (unpaired) electrons. The predicted octanol–water partition coefficient (Wildman–Crippen LogP) is 5.07. The second kappa shape index (κ2) is 18.0. The van der Waals surface area contributed by atoms with Gasteiger partial charge in [0.05, 0.1) is 35.7 Å². The van der Waals surface area contributed by atoms with Crippen molar-refractivity contribution in [1.29, 1.82) is 0 Å². The van der Waals surface area contributed by atoms with Crippen molar-refractivity contribution >= 4 is 46.4 Å². The molecule has 318 valence electrons. The largest absolute Gasteiger partial charge is 0.458 e. The van der Waals surface area contributed by atoms with E-state index in [9.17, 15) is 24.3 Å². The van der Waals surface area contributed by atoms with Crippen LogP contribution in [0, 0.1) is 23.7 Å². The topological polar surface area (TPSA) is 172 Å². The number of carbonyl (C=O) groups is 4. The van der Waals surface area contributed by atoms with Gasteiger partial charge < -0.3 is 43.2 Å². The molecule has 5 rings (SSSR count). The molecule has 3 fully saturated rings. The van der Waals surface area contributed by atoms with Gasteiger partial charge in [-0.1, -0.05) is 39.3 Å². The number of hydrogen-bond donors (Lipinski definition) is 1. The molecular weight excluding hydrogens is 758 g/mol. The Morgan fingerprint density at radius 2 is 1.70 bits per heavy atom. The van der Waals surface area contributed by atoms with Crippen LogP contribution in [-0.4, -0.2) is 135 Å². The summed E-state index contributed by atoms with van der Waals surface area (Å²) in [4.78, 5) is 68.9. The molecule has 0 bridgehead atoms. The quantitative estimate of drug-likeness (QED) is 0.146. The minimum absolute atomic E-state index is 0.123. The Labute approximate surface area is 341 Å². The zero-order valence-corrected chi connectivity index (χ0v) is 36.0. The van der Waals surface area contributed by atoms with Crippen molar-refractivity contribution in [3.8, 4) is 0 Å². The second-order valence-corrected chi connectivity index (χ2v) is 17.4. The number of amides is 1. The predicted molar refractivity (Wildman–Crippen MR) is 211 cm³/mol. The van der Waals surface area contributed by atoms with E-state index in [0.29, 0.717) is 36.6 Å². The van der Waals surface area contributed by atoms with Crippen molar-refractivity contribution in [2.45, 2.75) is 148 Å². The first-order valence-electron chi connectivity index (χ1n) is 20.2. The number of nitrogens with zero attached hydrogens (tertiary/aromatic N) is 5. The van der Waals surface area contributed by atoms with Gasteiger partial charge in [-0.2, -0.15) is 0 Å². The number of aryl methyl sites for hydroxylation is 1. The lowest BCUT2D eigenvalue weighted by Gasteiger charge is -2.47. The Balaban J connectivity index is 1.46. The number of aliphatic hydroxyl groups excluding tert-OH is 1. The maximum Gasteiger partial charge on any atom is 0.410 e. The Hall–Kier alpha value is -3.21. The van der Waals surface area contributed by atoms with Crippen molar-refractivity contribution in [3.05, 3.63) is 23.6 Å². The number of aromatic nitrogens is 3. The molecular formula is C41H62ClN5O10. The molecule has 1 amide bonds. The number of likely N-dealkylation sites (N-methyl/N-ethyl adjacent to an activating group) is 1. The van der Waals surface area contributed by atoms with Crippen LogP contribution in [-0.2, 0) is 44.6 Å². The molecule has 3 saturated heterocycles. The molecule has 13 atom stereocenters. The Kier molecular flexibility index (Phi) is 14.1. The fourth-order valence-corrected chi connectivity index (χ4v) is 9.52. The Bertz CT molecular complexity index is 1780. The summed E-state index contributed by atoms with van der Waals surface area (Å²) in [7, 11) is 5.23. The van der Waals surface area contributed by atoms with Crippen LogP contribution in [0.2, 0.25) is 5.15 Å². The van der Waals surface area contributed by atoms with Crippen LogP contribution < -0.4 is 0 Å². The number of esters is 1. The molecule has 0 spiro atoms. The molecule has 3 aliphatic rings. The van der Waals surface area contributed by atoms with Gasteiger partial charge in [0, 0.05) is 44.0 Å². The number of fused-ring (bicyclic) bond motifs is 2. The van der Waals surface area contributed by atoms with E-state index in [-0.39, 0.29) is 37.3 Å². The first-order chi connectivity index (χ1) is 26.8. The molecule has 16 heteroatoms. The zero-order chi connectivity index (χ0) is 42.1. The summed E-state index contributed by atoms with van der Waals surface area (Å²) >= 11 is 6.04. The number of cyclic esters (lactones) is 1. The van der Waals surface area contributed by atoms with Gasteiger partial charge in [0.25, 0.3) is 0 Å². The highest BCUT2D eigenvalue weighted by Gasteiger charge is 2.60. The minimum atomic E-state index is -1.41. The number of imidazole rings is 1.